The molecule has 0 unspecified atom stereocenters. The summed E-state index contributed by atoms with van der Waals surface area (Å²) in [5.41, 5.74) is 0.536. The quantitative estimate of drug-likeness (QED) is 0.871. The standard InChI is InChI=1S/C14H18FN3O/c1-3-16-9-12-13(15)6-5-7-14(12)19-11-8-17-18(4-2)10-11/h5-8,10,16H,3-4,9H2,1-2H3. The second-order valence-electron chi connectivity index (χ2n) is 4.13. The molecule has 0 saturated carbocycles. The molecule has 0 saturated heterocycles. The van der Waals surface area contributed by atoms with E-state index in [0.29, 0.717) is 23.6 Å². The average Bonchev–Trinajstić information content (AvgIpc) is 2.86. The van der Waals surface area contributed by atoms with Gasteiger partial charge in [0.1, 0.15) is 11.6 Å². The molecule has 102 valence electrons. The Labute approximate surface area is 112 Å². The van der Waals surface area contributed by atoms with Gasteiger partial charge < -0.3 is 10.1 Å². The van der Waals surface area contributed by atoms with Crippen molar-refractivity contribution in [3.63, 3.8) is 0 Å². The van der Waals surface area contributed by atoms with Crippen LogP contribution in [0.1, 0.15) is 19.4 Å². The summed E-state index contributed by atoms with van der Waals surface area (Å²) in [5, 5.41) is 7.23. The number of rotatable bonds is 6. The van der Waals surface area contributed by atoms with Crippen LogP contribution in [0.2, 0.25) is 0 Å². The smallest absolute Gasteiger partial charge is 0.165 e. The van der Waals surface area contributed by atoms with Crippen LogP contribution in [-0.2, 0) is 13.1 Å². The third kappa shape index (κ3) is 3.32. The Morgan fingerprint density at radius 2 is 2.21 bits per heavy atom. The van der Waals surface area contributed by atoms with Crippen LogP contribution < -0.4 is 10.1 Å². The molecule has 0 atom stereocenters. The van der Waals surface area contributed by atoms with Gasteiger partial charge in [-0.2, -0.15) is 5.10 Å². The minimum atomic E-state index is -0.263. The van der Waals surface area contributed by atoms with Gasteiger partial charge in [0.2, 0.25) is 0 Å². The first-order chi connectivity index (χ1) is 9.24. The molecular formula is C14H18FN3O. The van der Waals surface area contributed by atoms with Crippen molar-refractivity contribution in [3.8, 4) is 11.5 Å². The summed E-state index contributed by atoms with van der Waals surface area (Å²) in [7, 11) is 0. The van der Waals surface area contributed by atoms with Crippen molar-refractivity contribution in [2.75, 3.05) is 6.54 Å². The lowest BCUT2D eigenvalue weighted by atomic mass is 10.2. The topological polar surface area (TPSA) is 39.1 Å². The van der Waals surface area contributed by atoms with E-state index in [9.17, 15) is 4.39 Å². The minimum absolute atomic E-state index is 0.263. The van der Waals surface area contributed by atoms with Crippen LogP contribution in [0.5, 0.6) is 11.5 Å². The van der Waals surface area contributed by atoms with E-state index in [0.717, 1.165) is 13.1 Å². The molecule has 19 heavy (non-hydrogen) atoms. The van der Waals surface area contributed by atoms with Crippen LogP contribution in [0.15, 0.2) is 30.6 Å². The Morgan fingerprint density at radius 3 is 2.89 bits per heavy atom. The summed E-state index contributed by atoms with van der Waals surface area (Å²) in [6, 6.07) is 4.85. The van der Waals surface area contributed by atoms with E-state index >= 15 is 0 Å². The number of nitrogens with zero attached hydrogens (tertiary/aromatic N) is 2. The van der Waals surface area contributed by atoms with Gasteiger partial charge in [0, 0.05) is 18.7 Å². The largest absolute Gasteiger partial charge is 0.454 e. The zero-order valence-electron chi connectivity index (χ0n) is 11.2. The average molecular weight is 263 g/mol. The van der Waals surface area contributed by atoms with Crippen LogP contribution in [0, 0.1) is 5.82 Å². The lowest BCUT2D eigenvalue weighted by molar-refractivity contribution is 0.461. The lowest BCUT2D eigenvalue weighted by Gasteiger charge is -2.11. The maximum absolute atomic E-state index is 13.8. The molecule has 0 spiro atoms. The minimum Gasteiger partial charge on any atom is -0.454 e. The molecule has 5 heteroatoms. The molecule has 1 aromatic carbocycles. The van der Waals surface area contributed by atoms with Crippen molar-refractivity contribution >= 4 is 0 Å². The number of hydrogen-bond donors (Lipinski definition) is 1. The SMILES string of the molecule is CCNCc1c(F)cccc1Oc1cnn(CC)c1. The number of benzene rings is 1. The van der Waals surface area contributed by atoms with E-state index in [4.69, 9.17) is 4.74 Å². The van der Waals surface area contributed by atoms with Gasteiger partial charge in [-0.3, -0.25) is 4.68 Å². The predicted molar refractivity (Wildman–Crippen MR) is 71.8 cm³/mol. The Kier molecular flexibility index (Phi) is 4.52. The van der Waals surface area contributed by atoms with E-state index in [1.807, 2.05) is 13.8 Å². The summed E-state index contributed by atoms with van der Waals surface area (Å²) in [4.78, 5) is 0. The van der Waals surface area contributed by atoms with E-state index < -0.39 is 0 Å². The summed E-state index contributed by atoms with van der Waals surface area (Å²) in [6.07, 6.45) is 3.42. The number of ether oxygens (including phenoxy) is 1. The molecule has 4 nitrogen and oxygen atoms in total. The summed E-state index contributed by atoms with van der Waals surface area (Å²) in [6.45, 7) is 5.97. The van der Waals surface area contributed by atoms with Crippen molar-refractivity contribution in [3.05, 3.63) is 42.0 Å². The van der Waals surface area contributed by atoms with Crippen LogP contribution >= 0.6 is 0 Å². The predicted octanol–water partition coefficient (Wildman–Crippen LogP) is 2.94. The molecule has 2 rings (SSSR count). The Morgan fingerprint density at radius 1 is 1.37 bits per heavy atom. The zero-order valence-corrected chi connectivity index (χ0v) is 11.2. The second-order valence-corrected chi connectivity index (χ2v) is 4.13. The van der Waals surface area contributed by atoms with E-state index in [2.05, 4.69) is 10.4 Å². The van der Waals surface area contributed by atoms with Crippen LogP contribution in [0.4, 0.5) is 4.39 Å². The summed E-state index contributed by atoms with van der Waals surface area (Å²) in [5.74, 6) is 0.878. The Hall–Kier alpha value is -1.88. The van der Waals surface area contributed by atoms with Crippen molar-refractivity contribution in [2.45, 2.75) is 26.9 Å². The zero-order chi connectivity index (χ0) is 13.7. The Balaban J connectivity index is 2.21. The number of nitrogens with one attached hydrogen (secondary N) is 1. The summed E-state index contributed by atoms with van der Waals surface area (Å²) < 4.78 is 21.3. The first kappa shape index (κ1) is 13.5. The van der Waals surface area contributed by atoms with Crippen molar-refractivity contribution in [1.82, 2.24) is 15.1 Å². The molecule has 1 aromatic heterocycles. The highest BCUT2D eigenvalue weighted by molar-refractivity contribution is 5.37. The van der Waals surface area contributed by atoms with Crippen LogP contribution in [-0.4, -0.2) is 16.3 Å². The molecule has 0 aliphatic heterocycles. The molecule has 2 aromatic rings. The van der Waals surface area contributed by atoms with Gasteiger partial charge in [-0.1, -0.05) is 13.0 Å². The molecule has 1 heterocycles. The lowest BCUT2D eigenvalue weighted by Crippen LogP contribution is -2.13. The summed E-state index contributed by atoms with van der Waals surface area (Å²) >= 11 is 0. The van der Waals surface area contributed by atoms with Gasteiger partial charge in [-0.25, -0.2) is 4.39 Å². The highest BCUT2D eigenvalue weighted by Crippen LogP contribution is 2.26. The Bertz CT molecular complexity index is 539. The van der Waals surface area contributed by atoms with E-state index in [1.165, 1.54) is 6.07 Å². The van der Waals surface area contributed by atoms with E-state index in [1.54, 1.807) is 29.2 Å². The molecular weight excluding hydrogens is 245 g/mol. The first-order valence-corrected chi connectivity index (χ1v) is 6.43. The van der Waals surface area contributed by atoms with Gasteiger partial charge in [0.15, 0.2) is 5.75 Å². The maximum atomic E-state index is 13.8. The molecule has 0 amide bonds. The van der Waals surface area contributed by atoms with Crippen LogP contribution in [0.3, 0.4) is 0 Å². The van der Waals surface area contributed by atoms with E-state index in [-0.39, 0.29) is 5.82 Å². The van der Waals surface area contributed by atoms with Gasteiger partial charge in [-0.05, 0) is 25.6 Å². The highest BCUT2D eigenvalue weighted by atomic mass is 19.1. The van der Waals surface area contributed by atoms with Crippen LogP contribution in [0.25, 0.3) is 0 Å². The maximum Gasteiger partial charge on any atom is 0.165 e. The normalized spacial score (nSPS) is 10.7. The van der Waals surface area contributed by atoms with Crippen molar-refractivity contribution in [1.29, 1.82) is 0 Å². The molecule has 1 N–H and O–H groups in total. The number of halogens is 1. The van der Waals surface area contributed by atoms with Gasteiger partial charge >= 0.3 is 0 Å². The fourth-order valence-electron chi connectivity index (χ4n) is 1.75. The monoisotopic (exact) mass is 263 g/mol. The third-order valence-electron chi connectivity index (χ3n) is 2.79. The van der Waals surface area contributed by atoms with Gasteiger partial charge in [0.25, 0.3) is 0 Å². The third-order valence-corrected chi connectivity index (χ3v) is 2.79. The molecule has 0 fully saturated rings. The highest BCUT2D eigenvalue weighted by Gasteiger charge is 2.10. The number of aromatic nitrogens is 2. The van der Waals surface area contributed by atoms with Crippen molar-refractivity contribution < 1.29 is 9.13 Å². The molecule has 0 radical (unpaired) electrons. The first-order valence-electron chi connectivity index (χ1n) is 6.43. The molecule has 0 bridgehead atoms. The second kappa shape index (κ2) is 6.33. The fraction of sp³-hybridized carbons (Fsp3) is 0.357. The van der Waals surface area contributed by atoms with Crippen molar-refractivity contribution in [2.24, 2.45) is 0 Å². The van der Waals surface area contributed by atoms with Gasteiger partial charge in [-0.15, -0.1) is 0 Å². The number of hydrogen-bond acceptors (Lipinski definition) is 3. The molecule has 0 aliphatic carbocycles. The fourth-order valence-corrected chi connectivity index (χ4v) is 1.75. The molecule has 0 aliphatic rings. The number of aryl methyl sites for hydroxylation is 1. The van der Waals surface area contributed by atoms with Gasteiger partial charge in [0.05, 0.1) is 12.4 Å².